The van der Waals surface area contributed by atoms with Gasteiger partial charge in [-0.15, -0.1) is 0 Å². The highest BCUT2D eigenvalue weighted by Gasteiger charge is 2.50. The summed E-state index contributed by atoms with van der Waals surface area (Å²) in [6.45, 7) is 9.00. The summed E-state index contributed by atoms with van der Waals surface area (Å²) in [5, 5.41) is 0. The smallest absolute Gasteiger partial charge is 0.226 e. The van der Waals surface area contributed by atoms with E-state index in [1.807, 2.05) is 0 Å². The first-order chi connectivity index (χ1) is 8.47. The Balaban J connectivity index is 1.63. The third-order valence-corrected chi connectivity index (χ3v) is 5.10. The van der Waals surface area contributed by atoms with E-state index in [1.165, 1.54) is 19.3 Å². The monoisotopic (exact) mass is 250 g/mol. The number of fused-ring (bicyclic) bond motifs is 2. The van der Waals surface area contributed by atoms with Gasteiger partial charge in [0.25, 0.3) is 0 Å². The molecule has 0 spiro atoms. The molecule has 3 nitrogen and oxygen atoms in total. The molecule has 0 aromatic carbocycles. The molecule has 4 fully saturated rings. The molecule has 18 heavy (non-hydrogen) atoms. The third kappa shape index (κ3) is 1.97. The molecule has 4 aliphatic rings. The molecular weight excluding hydrogens is 224 g/mol. The van der Waals surface area contributed by atoms with Crippen molar-refractivity contribution >= 4 is 5.91 Å². The maximum atomic E-state index is 12.5. The molecule has 1 aliphatic carbocycles. The largest absolute Gasteiger partial charge is 0.334 e. The second kappa shape index (κ2) is 4.22. The first-order valence-electron chi connectivity index (χ1n) is 7.54. The van der Waals surface area contributed by atoms with Crippen molar-refractivity contribution in [2.24, 2.45) is 5.92 Å². The fourth-order valence-corrected chi connectivity index (χ4v) is 3.90. The molecule has 3 heterocycles. The third-order valence-electron chi connectivity index (χ3n) is 5.10. The van der Waals surface area contributed by atoms with Gasteiger partial charge in [-0.3, -0.25) is 9.69 Å². The van der Waals surface area contributed by atoms with Crippen LogP contribution in [0, 0.1) is 5.92 Å². The first kappa shape index (κ1) is 12.5. The summed E-state index contributed by atoms with van der Waals surface area (Å²) in [4.78, 5) is 17.3. The Morgan fingerprint density at radius 1 is 1.06 bits per heavy atom. The normalized spacial score (nSPS) is 33.6. The quantitative estimate of drug-likeness (QED) is 0.712. The van der Waals surface area contributed by atoms with Crippen LogP contribution in [0.4, 0.5) is 0 Å². The second-order valence-electron chi connectivity index (χ2n) is 7.35. The van der Waals surface area contributed by atoms with Gasteiger partial charge in [0.2, 0.25) is 5.91 Å². The molecule has 3 aliphatic heterocycles. The number of hydrogen-bond acceptors (Lipinski definition) is 2. The van der Waals surface area contributed by atoms with Crippen LogP contribution in [0.3, 0.4) is 0 Å². The highest BCUT2D eigenvalue weighted by Crippen LogP contribution is 2.38. The fourth-order valence-electron chi connectivity index (χ4n) is 3.90. The Morgan fingerprint density at radius 2 is 1.61 bits per heavy atom. The van der Waals surface area contributed by atoms with Crippen LogP contribution in [0.1, 0.15) is 52.9 Å². The van der Waals surface area contributed by atoms with E-state index in [0.717, 1.165) is 25.9 Å². The molecule has 0 aromatic rings. The van der Waals surface area contributed by atoms with Gasteiger partial charge in [0.05, 0.1) is 0 Å². The molecule has 0 aromatic heterocycles. The van der Waals surface area contributed by atoms with E-state index < -0.39 is 0 Å². The molecule has 4 rings (SSSR count). The number of rotatable bonds is 1. The van der Waals surface area contributed by atoms with Gasteiger partial charge in [-0.05, 0) is 40.0 Å². The number of piperidine rings is 1. The fraction of sp³-hybridized carbons (Fsp3) is 0.933. The average molecular weight is 250 g/mol. The number of carbonyl (C=O) groups is 1. The van der Waals surface area contributed by atoms with Crippen LogP contribution in [0.25, 0.3) is 0 Å². The Kier molecular flexibility index (Phi) is 2.92. The van der Waals surface area contributed by atoms with Gasteiger partial charge in [-0.25, -0.2) is 0 Å². The number of carbonyl (C=O) groups excluding carboxylic acids is 1. The second-order valence-corrected chi connectivity index (χ2v) is 7.35. The van der Waals surface area contributed by atoms with Gasteiger partial charge < -0.3 is 4.90 Å². The molecule has 0 radical (unpaired) electrons. The van der Waals surface area contributed by atoms with Crippen LogP contribution in [0.2, 0.25) is 0 Å². The lowest BCUT2D eigenvalue weighted by Crippen LogP contribution is -2.72. The predicted molar refractivity (Wildman–Crippen MR) is 72.3 cm³/mol. The van der Waals surface area contributed by atoms with Crippen molar-refractivity contribution in [2.45, 2.75) is 70.5 Å². The zero-order valence-corrected chi connectivity index (χ0v) is 12.0. The molecule has 2 atom stereocenters. The SMILES string of the molecule is CC(C)(C)N1CC2CC(C1)N2C(=O)C1CCCC1. The summed E-state index contributed by atoms with van der Waals surface area (Å²) in [5.74, 6) is 0.832. The predicted octanol–water partition coefficient (Wildman–Crippen LogP) is 2.26. The van der Waals surface area contributed by atoms with Crippen LogP contribution < -0.4 is 0 Å². The summed E-state index contributed by atoms with van der Waals surface area (Å²) in [6.07, 6.45) is 6.03. The summed E-state index contributed by atoms with van der Waals surface area (Å²) in [7, 11) is 0. The minimum absolute atomic E-state index is 0.249. The van der Waals surface area contributed by atoms with Crippen LogP contribution in [-0.4, -0.2) is 46.4 Å². The van der Waals surface area contributed by atoms with Gasteiger partial charge in [0.1, 0.15) is 0 Å². The average Bonchev–Trinajstić information content (AvgIpc) is 2.81. The van der Waals surface area contributed by atoms with Crippen molar-refractivity contribution in [1.82, 2.24) is 9.80 Å². The maximum Gasteiger partial charge on any atom is 0.226 e. The van der Waals surface area contributed by atoms with E-state index >= 15 is 0 Å². The van der Waals surface area contributed by atoms with E-state index in [0.29, 0.717) is 23.9 Å². The zero-order chi connectivity index (χ0) is 12.9. The minimum Gasteiger partial charge on any atom is -0.334 e. The molecule has 1 amide bonds. The Bertz CT molecular complexity index is 329. The van der Waals surface area contributed by atoms with Gasteiger partial charge in [0, 0.05) is 36.6 Å². The minimum atomic E-state index is 0.249. The first-order valence-corrected chi connectivity index (χ1v) is 7.54. The Labute approximate surface area is 111 Å². The lowest BCUT2D eigenvalue weighted by Gasteiger charge is -2.59. The molecule has 2 bridgehead atoms. The van der Waals surface area contributed by atoms with Crippen molar-refractivity contribution in [2.75, 3.05) is 13.1 Å². The van der Waals surface area contributed by atoms with E-state index in [2.05, 4.69) is 30.6 Å². The summed E-state index contributed by atoms with van der Waals surface area (Å²) in [5.41, 5.74) is 0.249. The molecule has 102 valence electrons. The lowest BCUT2D eigenvalue weighted by molar-refractivity contribution is -0.162. The topological polar surface area (TPSA) is 23.6 Å². The summed E-state index contributed by atoms with van der Waals surface area (Å²) in [6, 6.07) is 1.02. The van der Waals surface area contributed by atoms with Crippen molar-refractivity contribution in [1.29, 1.82) is 0 Å². The highest BCUT2D eigenvalue weighted by atomic mass is 16.2. The van der Waals surface area contributed by atoms with Gasteiger partial charge in [-0.1, -0.05) is 12.8 Å². The van der Waals surface area contributed by atoms with Crippen LogP contribution in [0.5, 0.6) is 0 Å². The molecule has 2 unspecified atom stereocenters. The van der Waals surface area contributed by atoms with E-state index in [-0.39, 0.29) is 5.54 Å². The number of amides is 1. The Hall–Kier alpha value is -0.570. The van der Waals surface area contributed by atoms with Crippen LogP contribution in [-0.2, 0) is 4.79 Å². The maximum absolute atomic E-state index is 12.5. The molecule has 3 saturated heterocycles. The van der Waals surface area contributed by atoms with Gasteiger partial charge in [0.15, 0.2) is 0 Å². The van der Waals surface area contributed by atoms with E-state index in [9.17, 15) is 4.79 Å². The molecule has 3 heteroatoms. The van der Waals surface area contributed by atoms with Gasteiger partial charge >= 0.3 is 0 Å². The molecule has 0 N–H and O–H groups in total. The summed E-state index contributed by atoms with van der Waals surface area (Å²) < 4.78 is 0. The zero-order valence-electron chi connectivity index (χ0n) is 12.0. The number of nitrogens with zero attached hydrogens (tertiary/aromatic N) is 2. The van der Waals surface area contributed by atoms with E-state index in [4.69, 9.17) is 0 Å². The number of hydrogen-bond donors (Lipinski definition) is 0. The van der Waals surface area contributed by atoms with Crippen LogP contribution >= 0.6 is 0 Å². The van der Waals surface area contributed by atoms with Crippen molar-refractivity contribution in [3.05, 3.63) is 0 Å². The van der Waals surface area contributed by atoms with E-state index in [1.54, 1.807) is 0 Å². The van der Waals surface area contributed by atoms with Gasteiger partial charge in [-0.2, -0.15) is 0 Å². The van der Waals surface area contributed by atoms with Crippen molar-refractivity contribution in [3.8, 4) is 0 Å². The standard InChI is InChI=1S/C15H26N2O/c1-15(2,3)16-9-12-8-13(10-16)17(12)14(18)11-6-4-5-7-11/h11-13H,4-10H2,1-3H3. The number of piperazine rings is 1. The molecular formula is C15H26N2O. The van der Waals surface area contributed by atoms with Crippen molar-refractivity contribution in [3.63, 3.8) is 0 Å². The summed E-state index contributed by atoms with van der Waals surface area (Å²) >= 11 is 0. The molecule has 1 saturated carbocycles. The van der Waals surface area contributed by atoms with Crippen molar-refractivity contribution < 1.29 is 4.79 Å². The van der Waals surface area contributed by atoms with Crippen LogP contribution in [0.15, 0.2) is 0 Å². The Morgan fingerprint density at radius 3 is 2.11 bits per heavy atom. The lowest BCUT2D eigenvalue weighted by atomic mass is 9.83. The highest BCUT2D eigenvalue weighted by molar-refractivity contribution is 5.81.